The van der Waals surface area contributed by atoms with Crippen molar-refractivity contribution < 1.29 is 9.53 Å². The first-order valence-corrected chi connectivity index (χ1v) is 2.88. The Morgan fingerprint density at radius 3 is 2.90 bits per heavy atom. The molecule has 1 aromatic rings. The van der Waals surface area contributed by atoms with Crippen LogP contribution in [0, 0.1) is 6.92 Å². The van der Waals surface area contributed by atoms with Crippen molar-refractivity contribution in [2.75, 3.05) is 0 Å². The summed E-state index contributed by atoms with van der Waals surface area (Å²) in [5, 5.41) is 6.22. The highest BCUT2D eigenvalue weighted by atomic mass is 16.5. The summed E-state index contributed by atoms with van der Waals surface area (Å²) in [7, 11) is 0. The molecule has 0 aliphatic rings. The van der Waals surface area contributed by atoms with Crippen molar-refractivity contribution in [3.05, 3.63) is 11.8 Å². The average Bonchev–Trinajstić information content (AvgIpc) is 2.15. The fraction of sp³-hybridized carbons (Fsp3) is 0.333. The van der Waals surface area contributed by atoms with Gasteiger partial charge in [0, 0.05) is 12.5 Å². The van der Waals surface area contributed by atoms with Crippen molar-refractivity contribution in [2.24, 2.45) is 0 Å². The van der Waals surface area contributed by atoms with Gasteiger partial charge in [-0.05, 0) is 6.92 Å². The topological polar surface area (TPSA) is 55.0 Å². The summed E-state index contributed by atoms with van der Waals surface area (Å²) in [6.07, 6.45) is 1.60. The van der Waals surface area contributed by atoms with E-state index in [0.717, 1.165) is 5.56 Å². The number of hydrogen-bond acceptors (Lipinski definition) is 3. The highest BCUT2D eigenvalue weighted by molar-refractivity contribution is 5.68. The van der Waals surface area contributed by atoms with Crippen molar-refractivity contribution in [1.29, 1.82) is 0 Å². The molecule has 1 N–H and O–H groups in total. The van der Waals surface area contributed by atoms with Crippen molar-refractivity contribution >= 4 is 5.97 Å². The maximum Gasteiger partial charge on any atom is 0.309 e. The molecule has 4 heteroatoms. The summed E-state index contributed by atoms with van der Waals surface area (Å²) in [5.74, 6) is 0.0832. The number of carbonyl (C=O) groups excluding carboxylic acids is 1. The molecule has 0 saturated carbocycles. The van der Waals surface area contributed by atoms with E-state index >= 15 is 0 Å². The lowest BCUT2D eigenvalue weighted by Gasteiger charge is -1.95. The van der Waals surface area contributed by atoms with Crippen LogP contribution in [0.1, 0.15) is 12.5 Å². The minimum atomic E-state index is -0.340. The molecule has 1 rings (SSSR count). The predicted molar refractivity (Wildman–Crippen MR) is 34.6 cm³/mol. The zero-order valence-corrected chi connectivity index (χ0v) is 5.84. The lowest BCUT2D eigenvalue weighted by atomic mass is 10.4. The molecule has 0 spiro atoms. The Morgan fingerprint density at radius 2 is 2.50 bits per heavy atom. The number of aromatic nitrogens is 2. The van der Waals surface area contributed by atoms with Gasteiger partial charge in [0.15, 0.2) is 0 Å². The van der Waals surface area contributed by atoms with Crippen molar-refractivity contribution in [2.45, 2.75) is 13.8 Å². The van der Waals surface area contributed by atoms with E-state index in [-0.39, 0.29) is 5.97 Å². The number of aryl methyl sites for hydroxylation is 1. The average molecular weight is 140 g/mol. The molecule has 0 aromatic carbocycles. The Kier molecular flexibility index (Phi) is 1.71. The summed E-state index contributed by atoms with van der Waals surface area (Å²) < 4.78 is 4.73. The predicted octanol–water partition coefficient (Wildman–Crippen LogP) is 0.643. The minimum Gasteiger partial charge on any atom is -0.408 e. The van der Waals surface area contributed by atoms with Gasteiger partial charge in [-0.1, -0.05) is 0 Å². The summed E-state index contributed by atoms with van der Waals surface area (Å²) >= 11 is 0. The molecule has 10 heavy (non-hydrogen) atoms. The second-order valence-corrected chi connectivity index (χ2v) is 1.98. The van der Waals surface area contributed by atoms with Crippen LogP contribution < -0.4 is 4.74 Å². The molecule has 0 radical (unpaired) electrons. The van der Waals surface area contributed by atoms with E-state index in [1.807, 2.05) is 6.92 Å². The lowest BCUT2D eigenvalue weighted by molar-refractivity contribution is -0.132. The van der Waals surface area contributed by atoms with Crippen LogP contribution >= 0.6 is 0 Å². The number of carbonyl (C=O) groups is 1. The molecule has 0 unspecified atom stereocenters. The molecule has 0 atom stereocenters. The van der Waals surface area contributed by atoms with Crippen molar-refractivity contribution in [3.8, 4) is 5.88 Å². The van der Waals surface area contributed by atoms with Crippen LogP contribution in [0.5, 0.6) is 5.88 Å². The van der Waals surface area contributed by atoms with Crippen LogP contribution in [-0.2, 0) is 4.79 Å². The molecule has 1 aromatic heterocycles. The van der Waals surface area contributed by atoms with E-state index in [0.29, 0.717) is 5.88 Å². The Bertz CT molecular complexity index is 242. The normalized spacial score (nSPS) is 9.40. The van der Waals surface area contributed by atoms with Gasteiger partial charge in [-0.3, -0.25) is 4.79 Å². The van der Waals surface area contributed by atoms with Gasteiger partial charge < -0.3 is 4.74 Å². The fourth-order valence-electron chi connectivity index (χ4n) is 0.582. The second kappa shape index (κ2) is 2.51. The number of hydrogen-bond donors (Lipinski definition) is 1. The minimum absolute atomic E-state index is 0.340. The first-order chi connectivity index (χ1) is 4.70. The van der Waals surface area contributed by atoms with Gasteiger partial charge in [0.05, 0.1) is 6.20 Å². The Balaban J connectivity index is 2.74. The van der Waals surface area contributed by atoms with Crippen LogP contribution in [0.15, 0.2) is 6.20 Å². The highest BCUT2D eigenvalue weighted by Crippen LogP contribution is 2.10. The largest absolute Gasteiger partial charge is 0.408 e. The molecule has 0 fully saturated rings. The molecule has 0 saturated heterocycles. The number of nitrogens with zero attached hydrogens (tertiary/aromatic N) is 1. The van der Waals surface area contributed by atoms with E-state index < -0.39 is 0 Å². The van der Waals surface area contributed by atoms with Gasteiger partial charge in [0.25, 0.3) is 0 Å². The fourth-order valence-corrected chi connectivity index (χ4v) is 0.582. The number of rotatable bonds is 1. The third kappa shape index (κ3) is 1.34. The third-order valence-electron chi connectivity index (χ3n) is 1.03. The number of esters is 1. The van der Waals surface area contributed by atoms with Gasteiger partial charge in [-0.2, -0.15) is 5.10 Å². The van der Waals surface area contributed by atoms with Crippen LogP contribution in [0.4, 0.5) is 0 Å². The van der Waals surface area contributed by atoms with E-state index in [9.17, 15) is 4.79 Å². The zero-order chi connectivity index (χ0) is 7.56. The van der Waals surface area contributed by atoms with Gasteiger partial charge in [-0.15, -0.1) is 0 Å². The first kappa shape index (κ1) is 6.80. The van der Waals surface area contributed by atoms with Crippen LogP contribution in [0.25, 0.3) is 0 Å². The smallest absolute Gasteiger partial charge is 0.309 e. The van der Waals surface area contributed by atoms with Crippen molar-refractivity contribution in [3.63, 3.8) is 0 Å². The Labute approximate surface area is 58.2 Å². The summed E-state index contributed by atoms with van der Waals surface area (Å²) in [6.45, 7) is 3.15. The summed E-state index contributed by atoms with van der Waals surface area (Å²) in [4.78, 5) is 10.4. The molecular formula is C6H8N2O2. The molecular weight excluding hydrogens is 132 g/mol. The standard InChI is InChI=1S/C6H8N2O2/c1-4-3-7-8-6(4)10-5(2)9/h3H,1-2H3,(H,7,8). The number of H-pyrrole nitrogens is 1. The summed E-state index contributed by atoms with van der Waals surface area (Å²) in [6, 6.07) is 0. The van der Waals surface area contributed by atoms with Crippen LogP contribution in [0.3, 0.4) is 0 Å². The quantitative estimate of drug-likeness (QED) is 0.582. The third-order valence-corrected chi connectivity index (χ3v) is 1.03. The molecule has 0 aliphatic carbocycles. The van der Waals surface area contributed by atoms with E-state index in [2.05, 4.69) is 10.2 Å². The van der Waals surface area contributed by atoms with Gasteiger partial charge in [-0.25, -0.2) is 5.10 Å². The van der Waals surface area contributed by atoms with Gasteiger partial charge in [0.2, 0.25) is 5.88 Å². The number of ether oxygens (including phenoxy) is 1. The molecule has 4 nitrogen and oxygen atoms in total. The molecule has 0 amide bonds. The molecule has 54 valence electrons. The summed E-state index contributed by atoms with van der Waals surface area (Å²) in [5.41, 5.74) is 0.829. The van der Waals surface area contributed by atoms with E-state index in [1.165, 1.54) is 6.92 Å². The lowest BCUT2D eigenvalue weighted by Crippen LogP contribution is -2.02. The number of aromatic amines is 1. The van der Waals surface area contributed by atoms with Gasteiger partial charge in [0.1, 0.15) is 0 Å². The number of nitrogens with one attached hydrogen (secondary N) is 1. The van der Waals surface area contributed by atoms with Crippen molar-refractivity contribution in [1.82, 2.24) is 10.2 Å². The van der Waals surface area contributed by atoms with Gasteiger partial charge >= 0.3 is 5.97 Å². The maximum atomic E-state index is 10.4. The zero-order valence-electron chi connectivity index (χ0n) is 5.84. The SMILES string of the molecule is CC(=O)Oc1[nH]ncc1C. The Hall–Kier alpha value is -1.32. The molecule has 1 heterocycles. The molecule has 0 bridgehead atoms. The molecule has 0 aliphatic heterocycles. The van der Waals surface area contributed by atoms with Crippen LogP contribution in [0.2, 0.25) is 0 Å². The van der Waals surface area contributed by atoms with Crippen LogP contribution in [-0.4, -0.2) is 16.2 Å². The highest BCUT2D eigenvalue weighted by Gasteiger charge is 2.02. The second-order valence-electron chi connectivity index (χ2n) is 1.98. The van der Waals surface area contributed by atoms with E-state index in [1.54, 1.807) is 6.20 Å². The first-order valence-electron chi connectivity index (χ1n) is 2.88. The van der Waals surface area contributed by atoms with E-state index in [4.69, 9.17) is 4.74 Å². The maximum absolute atomic E-state index is 10.4. The Morgan fingerprint density at radius 1 is 1.80 bits per heavy atom. The monoisotopic (exact) mass is 140 g/mol.